The normalized spacial score (nSPS) is 13.7. The molecule has 1 fully saturated rings. The highest BCUT2D eigenvalue weighted by Crippen LogP contribution is 2.27. The van der Waals surface area contributed by atoms with E-state index >= 15 is 0 Å². The van der Waals surface area contributed by atoms with E-state index in [0.717, 1.165) is 6.54 Å². The lowest BCUT2D eigenvalue weighted by molar-refractivity contribution is -0.115. The summed E-state index contributed by atoms with van der Waals surface area (Å²) < 4.78 is 19.2. The largest absolute Gasteiger partial charge is 0.491 e. The number of hydrogen-bond donors (Lipinski definition) is 2. The summed E-state index contributed by atoms with van der Waals surface area (Å²) in [4.78, 5) is 11.7. The van der Waals surface area contributed by atoms with Gasteiger partial charge in [0.1, 0.15) is 11.6 Å². The minimum atomic E-state index is -0.487. The fourth-order valence-electron chi connectivity index (χ4n) is 1.85. The zero-order valence-electron chi connectivity index (χ0n) is 12.3. The van der Waals surface area contributed by atoms with E-state index in [2.05, 4.69) is 10.6 Å². The van der Waals surface area contributed by atoms with Crippen LogP contribution in [-0.4, -0.2) is 25.1 Å². The first-order valence-electron chi connectivity index (χ1n) is 7.01. The number of benzene rings is 1. The van der Waals surface area contributed by atoms with Crippen molar-refractivity contribution in [3.63, 3.8) is 0 Å². The van der Waals surface area contributed by atoms with Crippen LogP contribution in [0.25, 0.3) is 0 Å². The molecule has 1 aliphatic rings. The minimum absolute atomic E-state index is 0. The third kappa shape index (κ3) is 6.31. The Morgan fingerprint density at radius 2 is 2.14 bits per heavy atom. The van der Waals surface area contributed by atoms with Crippen molar-refractivity contribution >= 4 is 24.0 Å². The maximum atomic E-state index is 13.8. The quantitative estimate of drug-likeness (QED) is 0.813. The van der Waals surface area contributed by atoms with E-state index in [-0.39, 0.29) is 36.7 Å². The molecule has 0 aromatic heterocycles. The maximum Gasteiger partial charge on any atom is 0.238 e. The van der Waals surface area contributed by atoms with Gasteiger partial charge in [0.15, 0.2) is 0 Å². The Labute approximate surface area is 130 Å². The topological polar surface area (TPSA) is 50.4 Å². The second-order valence-electron chi connectivity index (χ2n) is 5.43. The van der Waals surface area contributed by atoms with Crippen molar-refractivity contribution in [3.8, 4) is 5.75 Å². The van der Waals surface area contributed by atoms with Crippen molar-refractivity contribution < 1.29 is 13.9 Å². The molecule has 4 nitrogen and oxygen atoms in total. The zero-order chi connectivity index (χ0) is 14.5. The Balaban J connectivity index is 0.00000220. The average Bonchev–Trinajstić information content (AvgIpc) is 3.16. The number of halogens is 2. The van der Waals surface area contributed by atoms with Crippen LogP contribution in [0, 0.1) is 11.7 Å². The summed E-state index contributed by atoms with van der Waals surface area (Å²) in [6.45, 7) is 4.81. The average molecular weight is 317 g/mol. The van der Waals surface area contributed by atoms with Crippen LogP contribution in [0.4, 0.5) is 10.1 Å². The molecule has 0 unspecified atom stereocenters. The van der Waals surface area contributed by atoms with Crippen molar-refractivity contribution in [2.75, 3.05) is 18.4 Å². The molecule has 1 aromatic rings. The molecule has 0 radical (unpaired) electrons. The van der Waals surface area contributed by atoms with Crippen molar-refractivity contribution in [2.24, 2.45) is 5.92 Å². The van der Waals surface area contributed by atoms with Crippen LogP contribution >= 0.6 is 12.4 Å². The fraction of sp³-hybridized carbons (Fsp3) is 0.533. The molecule has 21 heavy (non-hydrogen) atoms. The summed E-state index contributed by atoms with van der Waals surface area (Å²) in [5, 5.41) is 5.62. The molecular formula is C15H22ClFN2O2. The number of amides is 1. The summed E-state index contributed by atoms with van der Waals surface area (Å²) >= 11 is 0. The first-order valence-corrected chi connectivity index (χ1v) is 7.01. The van der Waals surface area contributed by atoms with Crippen LogP contribution in [0.2, 0.25) is 0 Å². The number of carbonyl (C=O) groups excluding carboxylic acids is 1. The summed E-state index contributed by atoms with van der Waals surface area (Å²) in [6, 6.07) is 4.45. The molecule has 0 heterocycles. The van der Waals surface area contributed by atoms with Crippen molar-refractivity contribution in [2.45, 2.75) is 32.8 Å². The molecule has 2 N–H and O–H groups in total. The highest BCUT2D eigenvalue weighted by molar-refractivity contribution is 5.92. The van der Waals surface area contributed by atoms with E-state index in [1.165, 1.54) is 25.0 Å². The van der Waals surface area contributed by atoms with E-state index in [4.69, 9.17) is 4.74 Å². The van der Waals surface area contributed by atoms with Gasteiger partial charge in [-0.3, -0.25) is 4.79 Å². The van der Waals surface area contributed by atoms with Gasteiger partial charge in [-0.15, -0.1) is 12.4 Å². The van der Waals surface area contributed by atoms with Crippen molar-refractivity contribution in [3.05, 3.63) is 24.0 Å². The van der Waals surface area contributed by atoms with Crippen molar-refractivity contribution in [1.82, 2.24) is 5.32 Å². The monoisotopic (exact) mass is 316 g/mol. The Morgan fingerprint density at radius 1 is 1.43 bits per heavy atom. The van der Waals surface area contributed by atoms with E-state index in [1.807, 2.05) is 13.8 Å². The van der Waals surface area contributed by atoms with Crippen LogP contribution < -0.4 is 15.4 Å². The van der Waals surface area contributed by atoms with Gasteiger partial charge in [-0.1, -0.05) is 0 Å². The molecule has 118 valence electrons. The molecule has 0 aliphatic heterocycles. The zero-order valence-corrected chi connectivity index (χ0v) is 13.1. The van der Waals surface area contributed by atoms with E-state index in [1.54, 1.807) is 6.07 Å². The number of carbonyl (C=O) groups is 1. The minimum Gasteiger partial charge on any atom is -0.491 e. The first kappa shape index (κ1) is 17.7. The standard InChI is InChI=1S/C15H21FN2O2.ClH/c1-10(2)20-12-5-6-14(13(16)7-12)18-15(19)9-17-8-11-3-4-11;/h5-7,10-11,17H,3-4,8-9H2,1-2H3,(H,18,19);1H. The maximum absolute atomic E-state index is 13.8. The molecule has 1 aromatic carbocycles. The number of ether oxygens (including phenoxy) is 1. The molecule has 0 bridgehead atoms. The van der Waals surface area contributed by atoms with Crippen LogP contribution in [-0.2, 0) is 4.79 Å². The van der Waals surface area contributed by atoms with Gasteiger partial charge in [0.25, 0.3) is 0 Å². The Morgan fingerprint density at radius 3 is 2.71 bits per heavy atom. The summed E-state index contributed by atoms with van der Waals surface area (Å²) in [5.74, 6) is 0.454. The number of anilines is 1. The van der Waals surface area contributed by atoms with Crippen LogP contribution in [0.15, 0.2) is 18.2 Å². The number of hydrogen-bond acceptors (Lipinski definition) is 3. The molecule has 2 rings (SSSR count). The molecule has 1 amide bonds. The smallest absolute Gasteiger partial charge is 0.238 e. The third-order valence-electron chi connectivity index (χ3n) is 3.00. The summed E-state index contributed by atoms with van der Waals surface area (Å²) in [5.41, 5.74) is 0.180. The van der Waals surface area contributed by atoms with E-state index < -0.39 is 5.82 Å². The first-order chi connectivity index (χ1) is 9.54. The Kier molecular flexibility index (Phi) is 6.92. The number of nitrogens with one attached hydrogen (secondary N) is 2. The van der Waals surface area contributed by atoms with E-state index in [0.29, 0.717) is 11.7 Å². The SMILES string of the molecule is CC(C)Oc1ccc(NC(=O)CNCC2CC2)c(F)c1.Cl. The van der Waals surface area contributed by atoms with Gasteiger partial charge in [-0.2, -0.15) is 0 Å². The van der Waals surface area contributed by atoms with Gasteiger partial charge >= 0.3 is 0 Å². The number of rotatable bonds is 7. The molecule has 0 saturated heterocycles. The predicted molar refractivity (Wildman–Crippen MR) is 83.6 cm³/mol. The summed E-state index contributed by atoms with van der Waals surface area (Å²) in [6.07, 6.45) is 2.46. The van der Waals surface area contributed by atoms with E-state index in [9.17, 15) is 9.18 Å². The molecule has 0 atom stereocenters. The van der Waals surface area contributed by atoms with Gasteiger partial charge in [0, 0.05) is 6.07 Å². The van der Waals surface area contributed by atoms with Gasteiger partial charge in [0.2, 0.25) is 5.91 Å². The highest BCUT2D eigenvalue weighted by atomic mass is 35.5. The molecular weight excluding hydrogens is 295 g/mol. The van der Waals surface area contributed by atoms with Crippen molar-refractivity contribution in [1.29, 1.82) is 0 Å². The molecule has 1 saturated carbocycles. The molecule has 1 aliphatic carbocycles. The molecule has 6 heteroatoms. The predicted octanol–water partition coefficient (Wildman–Crippen LogP) is 2.97. The summed E-state index contributed by atoms with van der Waals surface area (Å²) in [7, 11) is 0. The third-order valence-corrected chi connectivity index (χ3v) is 3.00. The Hall–Kier alpha value is -1.33. The van der Waals surface area contributed by atoms with Gasteiger partial charge in [-0.05, 0) is 51.3 Å². The van der Waals surface area contributed by atoms with Gasteiger partial charge < -0.3 is 15.4 Å². The second kappa shape index (κ2) is 8.20. The molecule has 0 spiro atoms. The van der Waals surface area contributed by atoms with Gasteiger partial charge in [0.05, 0.1) is 18.3 Å². The lowest BCUT2D eigenvalue weighted by atomic mass is 10.2. The second-order valence-corrected chi connectivity index (χ2v) is 5.43. The highest BCUT2D eigenvalue weighted by Gasteiger charge is 2.20. The van der Waals surface area contributed by atoms with Crippen LogP contribution in [0.1, 0.15) is 26.7 Å². The van der Waals surface area contributed by atoms with Crippen LogP contribution in [0.5, 0.6) is 5.75 Å². The van der Waals surface area contributed by atoms with Gasteiger partial charge in [-0.25, -0.2) is 4.39 Å². The Bertz CT molecular complexity index is 479. The lowest BCUT2D eigenvalue weighted by Gasteiger charge is -2.12. The van der Waals surface area contributed by atoms with Crippen LogP contribution in [0.3, 0.4) is 0 Å². The lowest BCUT2D eigenvalue weighted by Crippen LogP contribution is -2.29. The fourth-order valence-corrected chi connectivity index (χ4v) is 1.85.